The number of H-pyrrole nitrogens is 2. The van der Waals surface area contributed by atoms with Gasteiger partial charge in [-0.1, -0.05) is 43.3 Å². The Balaban J connectivity index is 1.59. The van der Waals surface area contributed by atoms with Gasteiger partial charge in [-0.2, -0.15) is 0 Å². The molecule has 35 heavy (non-hydrogen) atoms. The largest absolute Gasteiger partial charge is 0.504 e. The van der Waals surface area contributed by atoms with Gasteiger partial charge in [0.05, 0.1) is 11.1 Å². The van der Waals surface area contributed by atoms with Gasteiger partial charge in [-0.3, -0.25) is 4.79 Å². The Hall–Kier alpha value is -4.30. The maximum Gasteiger partial charge on any atom is 0.372 e. The van der Waals surface area contributed by atoms with Gasteiger partial charge in [-0.25, -0.2) is 4.79 Å². The number of aromatic amines is 2. The molecule has 0 radical (unpaired) electrons. The van der Waals surface area contributed by atoms with E-state index in [0.29, 0.717) is 22.8 Å². The minimum absolute atomic E-state index is 0.0446. The van der Waals surface area contributed by atoms with Gasteiger partial charge in [-0.15, -0.1) is 0 Å². The number of aliphatic hydroxyl groups is 1. The number of carbonyl (C=O) groups is 2. The van der Waals surface area contributed by atoms with E-state index in [4.69, 9.17) is 4.42 Å². The molecular weight excluding hydrogens is 448 g/mol. The molecular formula is C27H24N2O6. The molecule has 1 unspecified atom stereocenters. The van der Waals surface area contributed by atoms with Crippen LogP contribution in [0.3, 0.4) is 0 Å². The predicted molar refractivity (Wildman–Crippen MR) is 131 cm³/mol. The topological polar surface area (TPSA) is 140 Å². The highest BCUT2D eigenvalue weighted by Gasteiger charge is 2.32. The Morgan fingerprint density at radius 2 is 1.77 bits per heavy atom. The Bertz CT molecular complexity index is 1570. The van der Waals surface area contributed by atoms with E-state index >= 15 is 0 Å². The van der Waals surface area contributed by atoms with E-state index in [1.54, 1.807) is 30.6 Å². The lowest BCUT2D eigenvalue weighted by molar-refractivity contribution is 0.0661. The molecule has 5 aromatic rings. The number of hydrogen-bond donors (Lipinski definition) is 5. The number of carbonyl (C=O) groups excluding carboxylic acids is 1. The predicted octanol–water partition coefficient (Wildman–Crippen LogP) is 5.11. The maximum atomic E-state index is 13.5. The summed E-state index contributed by atoms with van der Waals surface area (Å²) in [5.41, 5.74) is 3.18. The van der Waals surface area contributed by atoms with Crippen molar-refractivity contribution in [2.75, 3.05) is 6.61 Å². The lowest BCUT2D eigenvalue weighted by atomic mass is 9.98. The second-order valence-corrected chi connectivity index (χ2v) is 8.73. The van der Waals surface area contributed by atoms with Gasteiger partial charge in [0.2, 0.25) is 17.3 Å². The Labute approximate surface area is 199 Å². The van der Waals surface area contributed by atoms with Crippen molar-refractivity contribution in [3.05, 3.63) is 77.5 Å². The van der Waals surface area contributed by atoms with Crippen molar-refractivity contribution >= 4 is 33.6 Å². The van der Waals surface area contributed by atoms with Crippen LogP contribution >= 0.6 is 0 Å². The number of benzene rings is 2. The zero-order chi connectivity index (χ0) is 24.7. The van der Waals surface area contributed by atoms with E-state index in [1.165, 1.54) is 0 Å². The van der Waals surface area contributed by atoms with Crippen molar-refractivity contribution in [2.24, 2.45) is 5.92 Å². The van der Waals surface area contributed by atoms with Crippen molar-refractivity contribution < 1.29 is 29.3 Å². The highest BCUT2D eigenvalue weighted by Crippen LogP contribution is 2.42. The lowest BCUT2D eigenvalue weighted by Gasteiger charge is -2.08. The molecule has 0 bridgehead atoms. The van der Waals surface area contributed by atoms with Crippen molar-refractivity contribution in [2.45, 2.75) is 19.8 Å². The van der Waals surface area contributed by atoms with Crippen LogP contribution in [0.25, 0.3) is 32.9 Å². The first kappa shape index (κ1) is 22.5. The molecule has 0 aliphatic carbocycles. The first-order valence-corrected chi connectivity index (χ1v) is 11.3. The second kappa shape index (κ2) is 8.81. The number of carboxylic acids is 1. The van der Waals surface area contributed by atoms with Crippen LogP contribution in [0, 0.1) is 5.92 Å². The number of furan rings is 1. The summed E-state index contributed by atoms with van der Waals surface area (Å²) in [6, 6.07) is 12.8. The quantitative estimate of drug-likeness (QED) is 0.199. The van der Waals surface area contributed by atoms with Gasteiger partial charge in [0.15, 0.2) is 5.75 Å². The molecule has 2 aromatic carbocycles. The fraction of sp³-hybridized carbons (Fsp3) is 0.185. The molecule has 178 valence electrons. The van der Waals surface area contributed by atoms with E-state index in [1.807, 2.05) is 31.2 Å². The highest BCUT2D eigenvalue weighted by atomic mass is 16.4. The van der Waals surface area contributed by atoms with Crippen molar-refractivity contribution in [1.82, 2.24) is 9.97 Å². The Morgan fingerprint density at radius 3 is 2.54 bits per heavy atom. The summed E-state index contributed by atoms with van der Waals surface area (Å²) in [6.45, 7) is 2.07. The van der Waals surface area contributed by atoms with Gasteiger partial charge in [-0.05, 0) is 30.4 Å². The molecule has 0 aliphatic heterocycles. The fourth-order valence-corrected chi connectivity index (χ4v) is 4.48. The number of nitrogens with one attached hydrogen (secondary N) is 2. The van der Waals surface area contributed by atoms with E-state index < -0.39 is 29.0 Å². The number of carboxylic acid groups (broad SMARTS) is 1. The number of fused-ring (bicyclic) bond motifs is 2. The average Bonchev–Trinajstić information content (AvgIpc) is 3.57. The molecule has 5 N–H and O–H groups in total. The molecule has 0 fully saturated rings. The summed E-state index contributed by atoms with van der Waals surface area (Å²) in [7, 11) is 0. The Morgan fingerprint density at radius 1 is 1.00 bits per heavy atom. The van der Waals surface area contributed by atoms with E-state index in [0.717, 1.165) is 23.0 Å². The minimum Gasteiger partial charge on any atom is -0.504 e. The van der Waals surface area contributed by atoms with Gasteiger partial charge >= 0.3 is 5.97 Å². The third-order valence-electron chi connectivity index (χ3n) is 6.41. The van der Waals surface area contributed by atoms with E-state index in [-0.39, 0.29) is 23.7 Å². The first-order chi connectivity index (χ1) is 16.9. The van der Waals surface area contributed by atoms with Crippen molar-refractivity contribution in [1.29, 1.82) is 0 Å². The first-order valence-electron chi connectivity index (χ1n) is 11.3. The van der Waals surface area contributed by atoms with Crippen LogP contribution in [0.2, 0.25) is 0 Å². The van der Waals surface area contributed by atoms with Crippen molar-refractivity contribution in [3.8, 4) is 16.9 Å². The lowest BCUT2D eigenvalue weighted by Crippen LogP contribution is -2.02. The maximum absolute atomic E-state index is 13.5. The molecule has 0 aliphatic rings. The molecule has 3 aromatic heterocycles. The number of ketones is 1. The number of para-hydroxylation sites is 2. The van der Waals surface area contributed by atoms with Crippen molar-refractivity contribution in [3.63, 3.8) is 0 Å². The molecule has 0 spiro atoms. The normalized spacial score (nSPS) is 12.4. The number of aliphatic hydroxyl groups excluding tert-OH is 1. The summed E-state index contributed by atoms with van der Waals surface area (Å²) in [4.78, 5) is 31.7. The smallest absolute Gasteiger partial charge is 0.372 e. The molecule has 5 rings (SSSR count). The molecule has 8 heteroatoms. The minimum atomic E-state index is -1.39. The second-order valence-electron chi connectivity index (χ2n) is 8.73. The van der Waals surface area contributed by atoms with Gasteiger partial charge in [0.1, 0.15) is 0 Å². The SMILES string of the molecule is CC(CO)CCc1cccc2c(C(=O)c3oc(C(=O)O)c(-c4c[nH]c5ccccc45)c3O)c[nH]c12. The Kier molecular flexibility index (Phi) is 5.66. The molecule has 0 amide bonds. The van der Waals surface area contributed by atoms with Crippen LogP contribution < -0.4 is 0 Å². The number of aromatic carboxylic acids is 1. The number of aromatic hydroxyl groups is 1. The van der Waals surface area contributed by atoms with Crippen LogP contribution in [0.5, 0.6) is 5.75 Å². The number of hydrogen-bond acceptors (Lipinski definition) is 5. The van der Waals surface area contributed by atoms with E-state index in [9.17, 15) is 24.9 Å². The van der Waals surface area contributed by atoms with E-state index in [2.05, 4.69) is 9.97 Å². The monoisotopic (exact) mass is 472 g/mol. The molecule has 0 saturated carbocycles. The number of aryl methyl sites for hydroxylation is 1. The molecule has 8 nitrogen and oxygen atoms in total. The highest BCUT2D eigenvalue weighted by molar-refractivity contribution is 6.18. The van der Waals surface area contributed by atoms with Gasteiger partial charge in [0.25, 0.3) is 0 Å². The van der Waals surface area contributed by atoms with Crippen LogP contribution in [-0.4, -0.2) is 43.6 Å². The zero-order valence-corrected chi connectivity index (χ0v) is 19.0. The summed E-state index contributed by atoms with van der Waals surface area (Å²) in [6.07, 6.45) is 4.63. The van der Waals surface area contributed by atoms with Crippen LogP contribution in [-0.2, 0) is 6.42 Å². The fourth-order valence-electron chi connectivity index (χ4n) is 4.48. The third-order valence-corrected chi connectivity index (χ3v) is 6.41. The van der Waals surface area contributed by atoms with Crippen LogP contribution in [0.1, 0.15) is 45.6 Å². The van der Waals surface area contributed by atoms with Gasteiger partial charge < -0.3 is 29.7 Å². The molecule has 3 heterocycles. The summed E-state index contributed by atoms with van der Waals surface area (Å²) in [5.74, 6) is -3.31. The van der Waals surface area contributed by atoms with Crippen LogP contribution in [0.15, 0.2) is 59.3 Å². The summed E-state index contributed by atoms with van der Waals surface area (Å²) >= 11 is 0. The standard InChI is InChI=1S/C27H24N2O6/c1-14(13-30)9-10-15-5-4-7-17-19(12-29-22(15)17)23(31)26-24(32)21(25(35-26)27(33)34)18-11-28-20-8-3-2-6-16(18)20/h2-8,11-12,14,28-30,32H,9-10,13H2,1H3,(H,33,34). The van der Waals surface area contributed by atoms with Crippen LogP contribution in [0.4, 0.5) is 0 Å². The number of rotatable bonds is 8. The molecule has 1 atom stereocenters. The summed E-state index contributed by atoms with van der Waals surface area (Å²) in [5, 5.41) is 31.5. The number of aromatic nitrogens is 2. The third kappa shape index (κ3) is 3.77. The molecule has 0 saturated heterocycles. The average molecular weight is 472 g/mol. The van der Waals surface area contributed by atoms with Gasteiger partial charge in [0, 0.05) is 46.4 Å². The zero-order valence-electron chi connectivity index (χ0n) is 19.0. The summed E-state index contributed by atoms with van der Waals surface area (Å²) < 4.78 is 5.48.